The molecule has 3 aromatic rings. The Kier molecular flexibility index (Phi) is 3.85. The number of nitrogens with zero attached hydrogens (tertiary/aromatic N) is 2. The molecule has 4 nitrogen and oxygen atoms in total. The third-order valence-electron chi connectivity index (χ3n) is 3.14. The number of halogens is 3. The predicted molar refractivity (Wildman–Crippen MR) is 79.5 cm³/mol. The highest BCUT2D eigenvalue weighted by atomic mass is 32.1. The van der Waals surface area contributed by atoms with Gasteiger partial charge in [-0.25, -0.2) is 9.78 Å². The fourth-order valence-corrected chi connectivity index (χ4v) is 2.92. The number of esters is 1. The summed E-state index contributed by atoms with van der Waals surface area (Å²) in [6.07, 6.45) is -1.10. The third-order valence-corrected chi connectivity index (χ3v) is 4.12. The van der Waals surface area contributed by atoms with Gasteiger partial charge in [0.05, 0.1) is 17.9 Å². The standard InChI is InChI=1S/C15H11F3N2O2S/c1-2-22-13(21)12-8-20-7-11(19-14(20)23-12)9-3-5-10(6-4-9)15(16,17)18/h3-8H,2H2,1H3. The summed E-state index contributed by atoms with van der Waals surface area (Å²) in [5.74, 6) is -0.418. The second-order valence-corrected chi connectivity index (χ2v) is 5.72. The van der Waals surface area contributed by atoms with Gasteiger partial charge in [-0.15, -0.1) is 0 Å². The number of ether oxygens (including phenoxy) is 1. The lowest BCUT2D eigenvalue weighted by atomic mass is 10.1. The monoisotopic (exact) mass is 340 g/mol. The number of imidazole rings is 1. The van der Waals surface area contributed by atoms with E-state index >= 15 is 0 Å². The van der Waals surface area contributed by atoms with E-state index in [-0.39, 0.29) is 6.61 Å². The van der Waals surface area contributed by atoms with E-state index < -0.39 is 17.7 Å². The Labute approximate surface area is 133 Å². The zero-order valence-corrected chi connectivity index (χ0v) is 12.7. The number of aromatic nitrogens is 2. The molecule has 0 atom stereocenters. The Morgan fingerprint density at radius 2 is 1.96 bits per heavy atom. The largest absolute Gasteiger partial charge is 0.462 e. The van der Waals surface area contributed by atoms with E-state index in [1.54, 1.807) is 23.7 Å². The summed E-state index contributed by atoms with van der Waals surface area (Å²) in [6, 6.07) is 4.79. The summed E-state index contributed by atoms with van der Waals surface area (Å²) in [5.41, 5.74) is 0.416. The lowest BCUT2D eigenvalue weighted by Crippen LogP contribution is -2.04. The Bertz CT molecular complexity index is 818. The Hall–Kier alpha value is -2.35. The van der Waals surface area contributed by atoms with Crippen molar-refractivity contribution < 1.29 is 22.7 Å². The molecule has 2 aromatic heterocycles. The summed E-state index contributed by atoms with van der Waals surface area (Å²) in [7, 11) is 0. The van der Waals surface area contributed by atoms with Crippen LogP contribution in [-0.2, 0) is 10.9 Å². The van der Waals surface area contributed by atoms with Crippen LogP contribution < -0.4 is 0 Å². The van der Waals surface area contributed by atoms with Crippen LogP contribution in [0.5, 0.6) is 0 Å². The Morgan fingerprint density at radius 3 is 2.52 bits per heavy atom. The second kappa shape index (κ2) is 5.69. The van der Waals surface area contributed by atoms with E-state index in [1.165, 1.54) is 23.5 Å². The Morgan fingerprint density at radius 1 is 1.26 bits per heavy atom. The van der Waals surface area contributed by atoms with Gasteiger partial charge in [-0.1, -0.05) is 23.5 Å². The molecule has 0 fully saturated rings. The average Bonchev–Trinajstić information content (AvgIpc) is 3.05. The molecule has 3 rings (SSSR count). The number of carbonyl (C=O) groups excluding carboxylic acids is 1. The first-order valence-electron chi connectivity index (χ1n) is 6.72. The van der Waals surface area contributed by atoms with Crippen LogP contribution >= 0.6 is 11.3 Å². The molecule has 0 saturated heterocycles. The van der Waals surface area contributed by atoms with E-state index in [9.17, 15) is 18.0 Å². The maximum atomic E-state index is 12.6. The van der Waals surface area contributed by atoms with Gasteiger partial charge in [-0.2, -0.15) is 13.2 Å². The molecule has 0 radical (unpaired) electrons. The minimum atomic E-state index is -4.36. The van der Waals surface area contributed by atoms with E-state index in [2.05, 4.69) is 4.98 Å². The number of thiazole rings is 1. The van der Waals surface area contributed by atoms with Gasteiger partial charge in [0.1, 0.15) is 4.88 Å². The highest BCUT2D eigenvalue weighted by Crippen LogP contribution is 2.31. The van der Waals surface area contributed by atoms with Crippen LogP contribution in [0.1, 0.15) is 22.2 Å². The zero-order valence-electron chi connectivity index (χ0n) is 11.9. The molecule has 0 aliphatic carbocycles. The molecule has 0 spiro atoms. The van der Waals surface area contributed by atoms with Crippen molar-refractivity contribution in [1.82, 2.24) is 9.38 Å². The third kappa shape index (κ3) is 3.07. The number of hydrogen-bond donors (Lipinski definition) is 0. The lowest BCUT2D eigenvalue weighted by molar-refractivity contribution is -0.137. The van der Waals surface area contributed by atoms with Crippen LogP contribution in [0.15, 0.2) is 36.7 Å². The zero-order chi connectivity index (χ0) is 16.6. The minimum absolute atomic E-state index is 0.288. The van der Waals surface area contributed by atoms with Crippen molar-refractivity contribution >= 4 is 22.3 Å². The summed E-state index contributed by atoms with van der Waals surface area (Å²) in [6.45, 7) is 2.01. The molecule has 2 heterocycles. The Balaban J connectivity index is 1.89. The summed E-state index contributed by atoms with van der Waals surface area (Å²) >= 11 is 1.17. The number of hydrogen-bond acceptors (Lipinski definition) is 4. The summed E-state index contributed by atoms with van der Waals surface area (Å²) in [5, 5.41) is 0. The van der Waals surface area contributed by atoms with Gasteiger partial charge in [0.25, 0.3) is 0 Å². The first kappa shape index (κ1) is 15.5. The van der Waals surface area contributed by atoms with Crippen LogP contribution in [0, 0.1) is 0 Å². The fraction of sp³-hybridized carbons (Fsp3) is 0.200. The van der Waals surface area contributed by atoms with Crippen LogP contribution in [0.3, 0.4) is 0 Å². The molecule has 0 bridgehead atoms. The quantitative estimate of drug-likeness (QED) is 0.669. The molecule has 0 amide bonds. The molecule has 0 aliphatic heterocycles. The van der Waals surface area contributed by atoms with E-state index in [0.717, 1.165) is 12.1 Å². The van der Waals surface area contributed by atoms with Crippen molar-refractivity contribution in [2.75, 3.05) is 6.61 Å². The van der Waals surface area contributed by atoms with E-state index in [1.807, 2.05) is 0 Å². The van der Waals surface area contributed by atoms with Gasteiger partial charge >= 0.3 is 12.1 Å². The predicted octanol–water partition coefficient (Wildman–Crippen LogP) is 4.26. The highest BCUT2D eigenvalue weighted by Gasteiger charge is 2.30. The van der Waals surface area contributed by atoms with Gasteiger partial charge in [-0.3, -0.25) is 4.40 Å². The van der Waals surface area contributed by atoms with Crippen LogP contribution in [0.4, 0.5) is 13.2 Å². The smallest absolute Gasteiger partial charge is 0.416 e. The van der Waals surface area contributed by atoms with Crippen molar-refractivity contribution in [3.05, 3.63) is 47.1 Å². The normalized spacial score (nSPS) is 11.8. The van der Waals surface area contributed by atoms with E-state index in [4.69, 9.17) is 4.74 Å². The SMILES string of the molecule is CCOC(=O)c1cn2cc(-c3ccc(C(F)(F)F)cc3)nc2s1. The van der Waals surface area contributed by atoms with Gasteiger partial charge < -0.3 is 4.74 Å². The average molecular weight is 340 g/mol. The van der Waals surface area contributed by atoms with Gasteiger partial charge in [-0.05, 0) is 19.1 Å². The summed E-state index contributed by atoms with van der Waals surface area (Å²) < 4.78 is 44.2. The molecule has 23 heavy (non-hydrogen) atoms. The molecule has 0 unspecified atom stereocenters. The molecule has 1 aromatic carbocycles. The molecule has 0 aliphatic rings. The second-order valence-electron chi connectivity index (χ2n) is 4.71. The highest BCUT2D eigenvalue weighted by molar-refractivity contribution is 7.18. The number of alkyl halides is 3. The first-order valence-corrected chi connectivity index (χ1v) is 7.53. The first-order chi connectivity index (χ1) is 10.9. The number of carbonyl (C=O) groups is 1. The molecule has 120 valence electrons. The maximum Gasteiger partial charge on any atom is 0.416 e. The van der Waals surface area contributed by atoms with Crippen molar-refractivity contribution in [3.8, 4) is 11.3 Å². The number of fused-ring (bicyclic) bond motifs is 1. The molecule has 0 saturated carbocycles. The van der Waals surface area contributed by atoms with Crippen LogP contribution in [0.2, 0.25) is 0 Å². The maximum absolute atomic E-state index is 12.6. The number of rotatable bonds is 3. The van der Waals surface area contributed by atoms with Gasteiger partial charge in [0, 0.05) is 18.0 Å². The van der Waals surface area contributed by atoms with Crippen molar-refractivity contribution in [3.63, 3.8) is 0 Å². The van der Waals surface area contributed by atoms with Crippen molar-refractivity contribution in [2.24, 2.45) is 0 Å². The lowest BCUT2D eigenvalue weighted by Gasteiger charge is -2.06. The molecule has 8 heteroatoms. The van der Waals surface area contributed by atoms with Crippen molar-refractivity contribution in [2.45, 2.75) is 13.1 Å². The fourth-order valence-electron chi connectivity index (χ4n) is 2.06. The molecular weight excluding hydrogens is 329 g/mol. The molecular formula is C15H11F3N2O2S. The molecule has 0 N–H and O–H groups in total. The van der Waals surface area contributed by atoms with Crippen molar-refractivity contribution in [1.29, 1.82) is 0 Å². The number of benzene rings is 1. The van der Waals surface area contributed by atoms with Crippen LogP contribution in [0.25, 0.3) is 16.2 Å². The minimum Gasteiger partial charge on any atom is -0.462 e. The van der Waals surface area contributed by atoms with Crippen LogP contribution in [-0.4, -0.2) is 22.0 Å². The topological polar surface area (TPSA) is 43.6 Å². The summed E-state index contributed by atoms with van der Waals surface area (Å²) in [4.78, 5) is 17.0. The van der Waals surface area contributed by atoms with Gasteiger partial charge in [0.2, 0.25) is 0 Å². The van der Waals surface area contributed by atoms with Gasteiger partial charge in [0.15, 0.2) is 4.96 Å². The van der Waals surface area contributed by atoms with E-state index in [0.29, 0.717) is 21.1 Å².